The third kappa shape index (κ3) is 2.03. The van der Waals surface area contributed by atoms with Gasteiger partial charge in [0, 0.05) is 12.6 Å². The number of ether oxygens (including phenoxy) is 2. The molecule has 1 fully saturated rings. The summed E-state index contributed by atoms with van der Waals surface area (Å²) in [6.45, 7) is 0.666. The van der Waals surface area contributed by atoms with Gasteiger partial charge in [0.25, 0.3) is 0 Å². The molecule has 5 nitrogen and oxygen atoms in total. The Morgan fingerprint density at radius 2 is 2.38 bits per heavy atom. The topological polar surface area (TPSA) is 55.8 Å². The fourth-order valence-corrected chi connectivity index (χ4v) is 2.24. The van der Waals surface area contributed by atoms with E-state index < -0.39 is 0 Å². The maximum absolute atomic E-state index is 11.6. The molecular weight excluding hydrogens is 210 g/mol. The second-order valence-corrected chi connectivity index (χ2v) is 3.99. The van der Waals surface area contributed by atoms with Crippen LogP contribution in [0.4, 0.5) is 4.79 Å². The van der Waals surface area contributed by atoms with E-state index in [1.54, 1.807) is 11.0 Å². The molecule has 0 aromatic rings. The van der Waals surface area contributed by atoms with Crippen molar-refractivity contribution in [2.75, 3.05) is 13.7 Å². The number of likely N-dealkylation sites (tertiary alicyclic amines) is 1. The molecule has 88 valence electrons. The van der Waals surface area contributed by atoms with E-state index in [9.17, 15) is 9.59 Å². The van der Waals surface area contributed by atoms with Crippen molar-refractivity contribution in [2.24, 2.45) is 0 Å². The van der Waals surface area contributed by atoms with Crippen LogP contribution in [0.25, 0.3) is 0 Å². The van der Waals surface area contributed by atoms with Crippen LogP contribution in [0.5, 0.6) is 0 Å². The third-order valence-electron chi connectivity index (χ3n) is 3.01. The summed E-state index contributed by atoms with van der Waals surface area (Å²) >= 11 is 0. The van der Waals surface area contributed by atoms with Gasteiger partial charge in [0.2, 0.25) is 0 Å². The van der Waals surface area contributed by atoms with Crippen LogP contribution in [0.1, 0.15) is 19.3 Å². The minimum Gasteiger partial charge on any atom is -0.453 e. The molecule has 0 radical (unpaired) electrons. The second-order valence-electron chi connectivity index (χ2n) is 3.99. The maximum Gasteiger partial charge on any atom is 0.409 e. The summed E-state index contributed by atoms with van der Waals surface area (Å²) in [5.41, 5.74) is 0. The zero-order chi connectivity index (χ0) is 11.5. The van der Waals surface area contributed by atoms with Crippen molar-refractivity contribution >= 4 is 12.1 Å². The molecule has 0 saturated carbocycles. The van der Waals surface area contributed by atoms with E-state index in [-0.39, 0.29) is 24.2 Å². The molecule has 2 heterocycles. The molecule has 2 aliphatic heterocycles. The standard InChI is InChI=1S/C11H15NO4/c1-15-11(14)12-7-3-2-4-8(12)9-5-6-10(13)16-9/h5-6,8-9H,2-4,7H2,1H3/t8-,9-/m1/s1. The maximum atomic E-state index is 11.6. The van der Waals surface area contributed by atoms with Crippen LogP contribution in [0, 0.1) is 0 Å². The van der Waals surface area contributed by atoms with Gasteiger partial charge in [-0.05, 0) is 25.3 Å². The van der Waals surface area contributed by atoms with Crippen molar-refractivity contribution in [3.63, 3.8) is 0 Å². The van der Waals surface area contributed by atoms with Crippen molar-refractivity contribution in [2.45, 2.75) is 31.4 Å². The molecule has 0 unspecified atom stereocenters. The highest BCUT2D eigenvalue weighted by molar-refractivity contribution is 5.84. The van der Waals surface area contributed by atoms with Crippen molar-refractivity contribution in [3.8, 4) is 0 Å². The van der Waals surface area contributed by atoms with Gasteiger partial charge in [0.15, 0.2) is 0 Å². The number of amides is 1. The van der Waals surface area contributed by atoms with Crippen molar-refractivity contribution in [3.05, 3.63) is 12.2 Å². The van der Waals surface area contributed by atoms with E-state index in [1.165, 1.54) is 13.2 Å². The van der Waals surface area contributed by atoms with Crippen LogP contribution in [-0.2, 0) is 14.3 Å². The zero-order valence-corrected chi connectivity index (χ0v) is 9.22. The minimum absolute atomic E-state index is 0.0797. The number of cyclic esters (lactones) is 1. The SMILES string of the molecule is COC(=O)N1CCCC[C@@H]1[C@H]1C=CC(=O)O1. The third-order valence-corrected chi connectivity index (χ3v) is 3.01. The number of carbonyl (C=O) groups is 2. The highest BCUT2D eigenvalue weighted by atomic mass is 16.6. The van der Waals surface area contributed by atoms with E-state index in [0.29, 0.717) is 6.54 Å². The largest absolute Gasteiger partial charge is 0.453 e. The molecule has 0 aliphatic carbocycles. The molecular formula is C11H15NO4. The smallest absolute Gasteiger partial charge is 0.409 e. The van der Waals surface area contributed by atoms with Gasteiger partial charge in [0.1, 0.15) is 6.10 Å². The summed E-state index contributed by atoms with van der Waals surface area (Å²) < 4.78 is 9.85. The first kappa shape index (κ1) is 11.0. The number of hydrogen-bond donors (Lipinski definition) is 0. The summed E-state index contributed by atoms with van der Waals surface area (Å²) in [4.78, 5) is 24.2. The van der Waals surface area contributed by atoms with Crippen LogP contribution in [0.3, 0.4) is 0 Å². The Morgan fingerprint density at radius 3 is 3.00 bits per heavy atom. The monoisotopic (exact) mass is 225 g/mol. The zero-order valence-electron chi connectivity index (χ0n) is 9.22. The molecule has 0 aromatic heterocycles. The van der Waals surface area contributed by atoms with Crippen LogP contribution in [0.2, 0.25) is 0 Å². The first-order chi connectivity index (χ1) is 7.72. The average molecular weight is 225 g/mol. The van der Waals surface area contributed by atoms with Gasteiger partial charge in [-0.3, -0.25) is 0 Å². The Morgan fingerprint density at radius 1 is 1.56 bits per heavy atom. The van der Waals surface area contributed by atoms with Crippen molar-refractivity contribution in [1.82, 2.24) is 4.90 Å². The van der Waals surface area contributed by atoms with E-state index >= 15 is 0 Å². The van der Waals surface area contributed by atoms with Gasteiger partial charge in [-0.2, -0.15) is 0 Å². The normalized spacial score (nSPS) is 29.1. The molecule has 2 rings (SSSR count). The summed E-state index contributed by atoms with van der Waals surface area (Å²) in [7, 11) is 1.37. The van der Waals surface area contributed by atoms with Crippen LogP contribution in [0.15, 0.2) is 12.2 Å². The molecule has 5 heteroatoms. The number of nitrogens with zero attached hydrogens (tertiary/aromatic N) is 1. The first-order valence-corrected chi connectivity index (χ1v) is 5.46. The molecule has 0 N–H and O–H groups in total. The summed E-state index contributed by atoms with van der Waals surface area (Å²) in [6.07, 6.45) is 5.32. The van der Waals surface area contributed by atoms with Gasteiger partial charge in [-0.15, -0.1) is 0 Å². The van der Waals surface area contributed by atoms with Crippen molar-refractivity contribution < 1.29 is 19.1 Å². The van der Waals surface area contributed by atoms with E-state index in [0.717, 1.165) is 19.3 Å². The Hall–Kier alpha value is -1.52. The first-order valence-electron chi connectivity index (χ1n) is 5.46. The van der Waals surface area contributed by atoms with Gasteiger partial charge < -0.3 is 14.4 Å². The second kappa shape index (κ2) is 4.55. The number of esters is 1. The Balaban J connectivity index is 2.07. The molecule has 0 bridgehead atoms. The number of rotatable bonds is 1. The van der Waals surface area contributed by atoms with Gasteiger partial charge in [-0.25, -0.2) is 9.59 Å². The van der Waals surface area contributed by atoms with E-state index in [2.05, 4.69) is 0 Å². The fourth-order valence-electron chi connectivity index (χ4n) is 2.24. The Kier molecular flexibility index (Phi) is 3.12. The molecule has 0 spiro atoms. The van der Waals surface area contributed by atoms with Crippen molar-refractivity contribution in [1.29, 1.82) is 0 Å². The highest BCUT2D eigenvalue weighted by Gasteiger charge is 2.36. The predicted molar refractivity (Wildman–Crippen MR) is 55.8 cm³/mol. The van der Waals surface area contributed by atoms with Gasteiger partial charge in [-0.1, -0.05) is 0 Å². The molecule has 16 heavy (non-hydrogen) atoms. The lowest BCUT2D eigenvalue weighted by Gasteiger charge is -2.36. The Labute approximate surface area is 94.0 Å². The summed E-state index contributed by atoms with van der Waals surface area (Å²) in [6, 6.07) is -0.0797. The number of hydrogen-bond acceptors (Lipinski definition) is 4. The quantitative estimate of drug-likeness (QED) is 0.627. The minimum atomic E-state index is -0.346. The van der Waals surface area contributed by atoms with Crippen LogP contribution >= 0.6 is 0 Å². The van der Waals surface area contributed by atoms with Crippen LogP contribution < -0.4 is 0 Å². The lowest BCUT2D eigenvalue weighted by Crippen LogP contribution is -2.49. The lowest BCUT2D eigenvalue weighted by atomic mass is 9.98. The molecule has 0 aromatic carbocycles. The number of piperidine rings is 1. The van der Waals surface area contributed by atoms with Gasteiger partial charge in [0.05, 0.1) is 13.2 Å². The predicted octanol–water partition coefficient (Wildman–Crippen LogP) is 1.09. The molecule has 2 aliphatic rings. The van der Waals surface area contributed by atoms with Crippen LogP contribution in [-0.4, -0.2) is 42.8 Å². The Bertz CT molecular complexity index is 326. The fraction of sp³-hybridized carbons (Fsp3) is 0.636. The summed E-state index contributed by atoms with van der Waals surface area (Å²) in [5, 5.41) is 0. The van der Waals surface area contributed by atoms with E-state index in [1.807, 2.05) is 0 Å². The lowest BCUT2D eigenvalue weighted by molar-refractivity contribution is -0.141. The summed E-state index contributed by atoms with van der Waals surface area (Å²) in [5.74, 6) is -0.333. The van der Waals surface area contributed by atoms with E-state index in [4.69, 9.17) is 9.47 Å². The number of carbonyl (C=O) groups excluding carboxylic acids is 2. The number of methoxy groups -OCH3 is 1. The average Bonchev–Trinajstić information content (AvgIpc) is 2.75. The molecule has 1 saturated heterocycles. The highest BCUT2D eigenvalue weighted by Crippen LogP contribution is 2.25. The molecule has 2 atom stereocenters. The van der Waals surface area contributed by atoms with Gasteiger partial charge >= 0.3 is 12.1 Å². The molecule has 1 amide bonds.